The first kappa shape index (κ1) is 99.9. The first-order valence-electron chi connectivity index (χ1n) is 39.8. The Bertz CT molecular complexity index is 4290. The number of imide groups is 1. The zero-order chi connectivity index (χ0) is 85.9. The lowest BCUT2D eigenvalue weighted by molar-refractivity contribution is -0.198. The summed E-state index contributed by atoms with van der Waals surface area (Å²) in [7, 11) is -8.77. The Hall–Kier alpha value is -8.66. The van der Waals surface area contributed by atoms with Crippen molar-refractivity contribution in [3.8, 4) is 0 Å². The molecule has 0 unspecified atom stereocenters. The molecule has 5 heterocycles. The highest BCUT2D eigenvalue weighted by atomic mass is 32.2. The van der Waals surface area contributed by atoms with E-state index in [1.54, 1.807) is 0 Å². The van der Waals surface area contributed by atoms with Crippen molar-refractivity contribution in [2.24, 2.45) is 11.7 Å². The maximum atomic E-state index is 12.9. The molecule has 0 aliphatic carbocycles. The van der Waals surface area contributed by atoms with Crippen molar-refractivity contribution in [3.05, 3.63) is 59.2 Å². The molecular weight excluding hydrogens is 1590 g/mol. The highest BCUT2D eigenvalue weighted by Gasteiger charge is 2.33. The van der Waals surface area contributed by atoms with Crippen LogP contribution in [0.3, 0.4) is 0 Å². The SMILES string of the molecule is CCCCc1nc2c([nH]1)c(N)nc1cc(CCCCCNC(=O)[C@@H](CC(=O)CCOCCOCCOCCOCCOCCOCCOCCOCCOCCC(=O)O)CS(=O)(=O)O)ccc12.CCCCc1nc2c([nH]1)c(N)nc1cc(CCCCCNC(=O)[C@@H](N)CS(=O)(=O)O)ccc12.O=C(O)CCOCCC(=O)ON1C(=O)CCC1=O. The normalized spacial score (nSPS) is 12.9. The molecule has 1 saturated heterocycles. The van der Waals surface area contributed by atoms with Gasteiger partial charge in [-0.3, -0.25) is 42.7 Å². The highest BCUT2D eigenvalue weighted by molar-refractivity contribution is 7.86. The van der Waals surface area contributed by atoms with E-state index in [0.29, 0.717) is 129 Å². The number of hydroxylamine groups is 2. The second kappa shape index (κ2) is 56.7. The number of H-pyrrole nitrogens is 2. The summed E-state index contributed by atoms with van der Waals surface area (Å²) in [6.45, 7) is 11.4. The topological polar surface area (TPSA) is 576 Å². The van der Waals surface area contributed by atoms with Gasteiger partial charge in [0.1, 0.15) is 57.2 Å². The summed E-state index contributed by atoms with van der Waals surface area (Å²) in [5.74, 6) is -5.42. The smallest absolute Gasteiger partial charge is 0.335 e. The van der Waals surface area contributed by atoms with Gasteiger partial charge in [-0.25, -0.2) is 24.7 Å². The molecule has 118 heavy (non-hydrogen) atoms. The van der Waals surface area contributed by atoms with Gasteiger partial charge in [0.15, 0.2) is 0 Å². The first-order chi connectivity index (χ1) is 56.6. The van der Waals surface area contributed by atoms with Gasteiger partial charge in [-0.2, -0.15) is 16.8 Å². The zero-order valence-corrected chi connectivity index (χ0v) is 69.0. The summed E-state index contributed by atoms with van der Waals surface area (Å²) in [5.41, 5.74) is 25.0. The van der Waals surface area contributed by atoms with Crippen LogP contribution in [0.15, 0.2) is 36.4 Å². The third-order valence-corrected chi connectivity index (χ3v) is 19.2. The van der Waals surface area contributed by atoms with Gasteiger partial charge >= 0.3 is 17.9 Å². The number of ketones is 1. The van der Waals surface area contributed by atoms with Crippen LogP contribution < -0.4 is 27.8 Å². The van der Waals surface area contributed by atoms with Crippen LogP contribution in [-0.2, 0) is 136 Å². The molecule has 660 valence electrons. The summed E-state index contributed by atoms with van der Waals surface area (Å²) < 4.78 is 117. The van der Waals surface area contributed by atoms with Gasteiger partial charge in [0, 0.05) is 62.4 Å². The van der Waals surface area contributed by atoms with Gasteiger partial charge in [-0.05, 0) is 74.6 Å². The molecule has 7 rings (SSSR count). The third kappa shape index (κ3) is 41.8. The third-order valence-electron chi connectivity index (χ3n) is 17.6. The maximum Gasteiger partial charge on any atom is 0.335 e. The van der Waals surface area contributed by atoms with Crippen molar-refractivity contribution in [3.63, 3.8) is 0 Å². The Labute approximate surface area is 686 Å². The van der Waals surface area contributed by atoms with Crippen LogP contribution in [-0.4, -0.2) is 281 Å². The molecule has 1 fully saturated rings. The minimum atomic E-state index is -4.50. The lowest BCUT2D eigenvalue weighted by atomic mass is 10.0. The van der Waals surface area contributed by atoms with Gasteiger partial charge < -0.3 is 100 Å². The van der Waals surface area contributed by atoms with Crippen molar-refractivity contribution in [1.29, 1.82) is 0 Å². The molecule has 2 atom stereocenters. The summed E-state index contributed by atoms with van der Waals surface area (Å²) in [6.07, 6.45) is 11.9. The molecule has 0 saturated carbocycles. The molecule has 6 aromatic rings. The number of anilines is 2. The zero-order valence-electron chi connectivity index (χ0n) is 67.4. The number of nitrogens with one attached hydrogen (secondary N) is 4. The number of aromatic amines is 2. The van der Waals surface area contributed by atoms with E-state index < -0.39 is 85.2 Å². The molecule has 0 radical (unpaired) electrons. The van der Waals surface area contributed by atoms with E-state index in [1.165, 1.54) is 0 Å². The number of aryl methyl sites for hydroxylation is 4. The van der Waals surface area contributed by atoms with E-state index in [9.17, 15) is 59.7 Å². The lowest BCUT2D eigenvalue weighted by Crippen LogP contribution is -2.45. The monoisotopic (exact) mass is 1710 g/mol. The summed E-state index contributed by atoms with van der Waals surface area (Å²) in [6, 6.07) is 11.0. The van der Waals surface area contributed by atoms with E-state index in [0.717, 1.165) is 150 Å². The number of nitrogens with two attached hydrogens (primary N) is 3. The van der Waals surface area contributed by atoms with E-state index in [1.807, 2.05) is 24.3 Å². The number of carbonyl (C=O) groups excluding carboxylic acids is 6. The average molecular weight is 1710 g/mol. The number of carboxylic acids is 2. The summed E-state index contributed by atoms with van der Waals surface area (Å²) in [4.78, 5) is 121. The number of hydrogen-bond acceptors (Lipinski definition) is 30. The highest BCUT2D eigenvalue weighted by Crippen LogP contribution is 2.30. The van der Waals surface area contributed by atoms with Gasteiger partial charge in [-0.1, -0.05) is 63.8 Å². The number of carboxylic acid groups (broad SMARTS) is 2. The molecule has 4 aromatic heterocycles. The van der Waals surface area contributed by atoms with Crippen LogP contribution in [0.1, 0.15) is 146 Å². The number of ether oxygens (including phenoxy) is 10. The second-order valence-electron chi connectivity index (χ2n) is 27.4. The van der Waals surface area contributed by atoms with Crippen LogP contribution in [0.5, 0.6) is 0 Å². The molecule has 1 aliphatic rings. The van der Waals surface area contributed by atoms with Crippen molar-refractivity contribution < 1.29 is 127 Å². The summed E-state index contributed by atoms with van der Waals surface area (Å²) in [5, 5.41) is 24.5. The van der Waals surface area contributed by atoms with Gasteiger partial charge in [0.05, 0.1) is 180 Å². The Morgan fingerprint density at radius 3 is 1.22 bits per heavy atom. The number of imidazole rings is 2. The second-order valence-corrected chi connectivity index (χ2v) is 30.4. The fourth-order valence-electron chi connectivity index (χ4n) is 11.5. The van der Waals surface area contributed by atoms with Crippen molar-refractivity contribution in [2.45, 2.75) is 155 Å². The minimum absolute atomic E-state index is 0.00973. The van der Waals surface area contributed by atoms with E-state index in [2.05, 4.69) is 61.4 Å². The average Bonchev–Trinajstić information content (AvgIpc) is 1.59. The number of aliphatic carboxylic acids is 2. The Balaban J connectivity index is 0.000000395. The van der Waals surface area contributed by atoms with Crippen LogP contribution >= 0.6 is 0 Å². The van der Waals surface area contributed by atoms with Crippen LogP contribution in [0.2, 0.25) is 0 Å². The number of benzene rings is 2. The Morgan fingerprint density at radius 2 is 0.839 bits per heavy atom. The van der Waals surface area contributed by atoms with Crippen molar-refractivity contribution in [2.75, 3.05) is 168 Å². The molecule has 41 heteroatoms. The van der Waals surface area contributed by atoms with E-state index >= 15 is 0 Å². The number of amides is 4. The fourth-order valence-corrected chi connectivity index (χ4v) is 12.9. The number of aromatic nitrogens is 6. The molecule has 0 bridgehead atoms. The number of fused-ring (bicyclic) bond motifs is 6. The van der Waals surface area contributed by atoms with Crippen LogP contribution in [0.4, 0.5) is 11.6 Å². The molecule has 39 nitrogen and oxygen atoms in total. The lowest BCUT2D eigenvalue weighted by Gasteiger charge is -2.15. The van der Waals surface area contributed by atoms with Gasteiger partial charge in [-0.15, -0.1) is 5.06 Å². The maximum absolute atomic E-state index is 12.9. The standard InChI is InChI=1S/C45H73N5O16S.C22H32N6O4S.C10H13NO7/c1-2-3-8-40-49-42-38-10-9-35(32-39(38)48-44(46)43(42)50-40)7-5-4-6-13-47-45(54)36(34-67(55,56)57)33-37(51)11-14-58-16-18-60-20-22-62-24-26-64-28-30-66-31-29-65-27-25-63-23-21-61-19-17-59-15-12-41(52)53;1-2-3-8-18-27-19-15-10-9-14(12-17(15)26-21(24)20(19)28-18)7-5-4-6-11-25-22(29)16(23)13-33(30,31)32;12-7-1-2-8(13)11(7)18-10(16)4-6-17-5-3-9(14)15/h9-10,32,36H,2-8,11-31,33-34H2,1H3,(H2,46,48)(H,47,54)(H,49,50)(H,52,53)(H,55,56,57);9-10,12,16H,2-8,11,13,23H2,1H3,(H2,24,26)(H,25,29)(H,27,28)(H,30,31,32);1-6H2,(H,14,15)/t36-;16-;/m00./s1. The van der Waals surface area contributed by atoms with Gasteiger partial charge in [0.2, 0.25) is 11.8 Å². The first-order valence-corrected chi connectivity index (χ1v) is 43.0. The predicted molar refractivity (Wildman–Crippen MR) is 433 cm³/mol. The predicted octanol–water partition coefficient (Wildman–Crippen LogP) is 4.90. The number of nitrogens with zero attached hydrogens (tertiary/aromatic N) is 5. The quantitative estimate of drug-likeness (QED) is 0.0137. The number of pyridine rings is 2. The van der Waals surface area contributed by atoms with Gasteiger partial charge in [0.25, 0.3) is 32.1 Å². The largest absolute Gasteiger partial charge is 0.481 e. The van der Waals surface area contributed by atoms with E-state index in [4.69, 9.17) is 89.3 Å². The van der Waals surface area contributed by atoms with Crippen molar-refractivity contribution >= 4 is 123 Å². The van der Waals surface area contributed by atoms with E-state index in [-0.39, 0.29) is 90.4 Å². The van der Waals surface area contributed by atoms with Crippen LogP contribution in [0.25, 0.3) is 43.9 Å². The number of nitrogen functional groups attached to an aromatic ring is 2. The molecule has 4 amide bonds. The molecule has 14 N–H and O–H groups in total. The Morgan fingerprint density at radius 1 is 0.475 bits per heavy atom. The molecule has 1 aliphatic heterocycles. The minimum Gasteiger partial charge on any atom is -0.481 e. The molecule has 2 aromatic carbocycles. The number of rotatable bonds is 63. The number of carbonyl (C=O) groups is 8. The Kier molecular flexibility index (Phi) is 48.0. The number of unbranched alkanes of at least 4 members (excludes halogenated alkanes) is 6. The summed E-state index contributed by atoms with van der Waals surface area (Å²) >= 11 is 0. The van der Waals surface area contributed by atoms with Crippen LogP contribution in [0, 0.1) is 5.92 Å². The fraction of sp³-hybridized carbons (Fsp3) is 0.636. The number of hydrogen-bond donors (Lipinski definition) is 11. The molecular formula is C77H118N12O27S2. The number of Topliss-reactive ketones (excluding diaryl/α,β-unsaturated/α-hetero) is 1. The van der Waals surface area contributed by atoms with Crippen molar-refractivity contribution in [1.82, 2.24) is 45.6 Å². The molecule has 0 spiro atoms.